The summed E-state index contributed by atoms with van der Waals surface area (Å²) in [5.74, 6) is 1.70. The van der Waals surface area contributed by atoms with Crippen molar-refractivity contribution in [3.8, 4) is 0 Å². The second kappa shape index (κ2) is 9.31. The lowest BCUT2D eigenvalue weighted by Gasteiger charge is -2.37. The van der Waals surface area contributed by atoms with Gasteiger partial charge in [-0.15, -0.1) is 0 Å². The first kappa shape index (κ1) is 22.2. The summed E-state index contributed by atoms with van der Waals surface area (Å²) in [7, 11) is 0. The number of pyridine rings is 1. The summed E-state index contributed by atoms with van der Waals surface area (Å²) in [6.07, 6.45) is 7.49. The quantitative estimate of drug-likeness (QED) is 0.411. The topological polar surface area (TPSA) is 87.1 Å². The van der Waals surface area contributed by atoms with Gasteiger partial charge in [0.25, 0.3) is 5.56 Å². The summed E-state index contributed by atoms with van der Waals surface area (Å²) >= 11 is 6.03. The molecule has 0 amide bonds. The Morgan fingerprint density at radius 1 is 1.24 bits per heavy atom. The predicted octanol–water partition coefficient (Wildman–Crippen LogP) is 4.92. The normalized spacial score (nSPS) is 24.0. The number of hydrogen-bond donors (Lipinski definition) is 3. The minimum atomic E-state index is -0.151. The lowest BCUT2D eigenvalue weighted by Crippen LogP contribution is -2.44. The number of H-pyrrole nitrogens is 1. The second-order valence-electron chi connectivity index (χ2n) is 9.53. The maximum Gasteiger partial charge on any atom is 0.261 e. The van der Waals surface area contributed by atoms with E-state index in [0.29, 0.717) is 40.8 Å². The highest BCUT2D eigenvalue weighted by atomic mass is 35.5. The predicted molar refractivity (Wildman–Crippen MR) is 135 cm³/mol. The van der Waals surface area contributed by atoms with Gasteiger partial charge in [-0.3, -0.25) is 9.48 Å². The fourth-order valence-electron chi connectivity index (χ4n) is 5.30. The Morgan fingerprint density at radius 3 is 2.76 bits per heavy atom. The molecule has 2 aliphatic carbocycles. The van der Waals surface area contributed by atoms with E-state index in [-0.39, 0.29) is 11.6 Å². The maximum atomic E-state index is 12.8. The van der Waals surface area contributed by atoms with Crippen LogP contribution in [0.4, 0.5) is 11.5 Å². The van der Waals surface area contributed by atoms with Crippen molar-refractivity contribution in [2.45, 2.75) is 57.2 Å². The van der Waals surface area contributed by atoms with E-state index in [9.17, 15) is 4.79 Å². The number of aromatic amines is 1. The lowest BCUT2D eigenvalue weighted by molar-refractivity contribution is 0.188. The third kappa shape index (κ3) is 4.70. The molecule has 174 valence electrons. The summed E-state index contributed by atoms with van der Waals surface area (Å²) in [4.78, 5) is 19.8. The van der Waals surface area contributed by atoms with Crippen LogP contribution in [0.25, 0.3) is 10.9 Å². The number of rotatable bonds is 8. The Bertz CT molecular complexity index is 1180. The van der Waals surface area contributed by atoms with E-state index in [1.807, 2.05) is 35.0 Å². The molecule has 3 aromatic rings. The number of nitrogens with zero attached hydrogens (tertiary/aromatic N) is 3. The molecule has 8 heteroatoms. The van der Waals surface area contributed by atoms with Gasteiger partial charge in [-0.2, -0.15) is 5.10 Å². The molecule has 3 N–H and O–H groups in total. The van der Waals surface area contributed by atoms with E-state index in [2.05, 4.69) is 34.3 Å². The number of aliphatic imine (C=N–C) groups is 1. The standard InChI is InChI=1S/C25H31ClN6O/c1-15(16-3-4-16)29-20-9-10-21(17(13-20)14-27-2)32-22-11-12-28-25(33)23(22)24(31-32)30-19-7-5-18(26)6-8-19/h5-8,11-12,15-17,20-21,29H,2-4,9-10,13-14H2,1H3,(H,28,33)(H,30,31)/t15-,17+,20+,21-/m0/s1. The van der Waals surface area contributed by atoms with Crippen molar-refractivity contribution in [3.63, 3.8) is 0 Å². The Morgan fingerprint density at radius 2 is 2.03 bits per heavy atom. The smallest absolute Gasteiger partial charge is 0.261 e. The molecule has 2 saturated carbocycles. The van der Waals surface area contributed by atoms with Crippen LogP contribution < -0.4 is 16.2 Å². The highest BCUT2D eigenvalue weighted by molar-refractivity contribution is 6.30. The second-order valence-corrected chi connectivity index (χ2v) is 9.96. The number of fused-ring (bicyclic) bond motifs is 1. The minimum Gasteiger partial charge on any atom is -0.338 e. The van der Waals surface area contributed by atoms with Gasteiger partial charge in [0.1, 0.15) is 5.39 Å². The molecule has 1 aromatic carbocycles. The lowest BCUT2D eigenvalue weighted by atomic mass is 9.81. The van der Waals surface area contributed by atoms with Crippen molar-refractivity contribution in [1.29, 1.82) is 0 Å². The Hall–Kier alpha value is -2.64. The Balaban J connectivity index is 1.45. The van der Waals surface area contributed by atoms with Crippen LogP contribution in [-0.2, 0) is 0 Å². The van der Waals surface area contributed by atoms with Gasteiger partial charge in [0.2, 0.25) is 0 Å². The van der Waals surface area contributed by atoms with E-state index in [1.54, 1.807) is 6.20 Å². The van der Waals surface area contributed by atoms with Gasteiger partial charge in [0.05, 0.1) is 11.6 Å². The van der Waals surface area contributed by atoms with Crippen LogP contribution in [0.2, 0.25) is 5.02 Å². The Kier molecular flexibility index (Phi) is 6.25. The molecule has 5 rings (SSSR count). The molecule has 2 heterocycles. The Labute approximate surface area is 198 Å². The first-order chi connectivity index (χ1) is 16.0. The molecule has 0 saturated heterocycles. The van der Waals surface area contributed by atoms with Crippen LogP contribution in [-0.4, -0.2) is 40.1 Å². The zero-order valence-corrected chi connectivity index (χ0v) is 19.7. The van der Waals surface area contributed by atoms with Crippen LogP contribution in [0.15, 0.2) is 46.3 Å². The zero-order chi connectivity index (χ0) is 22.9. The summed E-state index contributed by atoms with van der Waals surface area (Å²) in [6.45, 7) is 6.77. The average Bonchev–Trinajstić information content (AvgIpc) is 3.59. The van der Waals surface area contributed by atoms with Crippen LogP contribution in [0.5, 0.6) is 0 Å². The summed E-state index contributed by atoms with van der Waals surface area (Å²) < 4.78 is 2.04. The van der Waals surface area contributed by atoms with E-state index in [4.69, 9.17) is 16.7 Å². The number of aromatic nitrogens is 3. The monoisotopic (exact) mass is 466 g/mol. The van der Waals surface area contributed by atoms with Crippen molar-refractivity contribution in [2.24, 2.45) is 16.8 Å². The molecule has 7 nitrogen and oxygen atoms in total. The first-order valence-electron chi connectivity index (χ1n) is 11.8. The molecule has 33 heavy (non-hydrogen) atoms. The highest BCUT2D eigenvalue weighted by Gasteiger charge is 2.36. The van der Waals surface area contributed by atoms with Gasteiger partial charge in [-0.25, -0.2) is 0 Å². The fourth-order valence-corrected chi connectivity index (χ4v) is 5.42. The summed E-state index contributed by atoms with van der Waals surface area (Å²) in [5, 5.41) is 13.3. The van der Waals surface area contributed by atoms with Gasteiger partial charge < -0.3 is 20.6 Å². The van der Waals surface area contributed by atoms with Gasteiger partial charge in [-0.1, -0.05) is 11.6 Å². The van der Waals surface area contributed by atoms with Crippen molar-refractivity contribution < 1.29 is 0 Å². The molecule has 2 fully saturated rings. The number of benzene rings is 1. The van der Waals surface area contributed by atoms with Gasteiger partial charge in [-0.05, 0) is 82.0 Å². The largest absolute Gasteiger partial charge is 0.338 e. The SMILES string of the molecule is C=NC[C@H]1C[C@H](N[C@@H](C)C2CC2)CC[C@@H]1n1nc(Nc2ccc(Cl)cc2)c2c(=O)[nH]ccc21. The molecule has 2 aromatic heterocycles. The van der Waals surface area contributed by atoms with Crippen molar-refractivity contribution in [3.05, 3.63) is 51.9 Å². The molecule has 0 unspecified atom stereocenters. The van der Waals surface area contributed by atoms with E-state index >= 15 is 0 Å². The molecular formula is C25H31ClN6O. The molecule has 4 atom stereocenters. The van der Waals surface area contributed by atoms with Crippen molar-refractivity contribution in [1.82, 2.24) is 20.1 Å². The third-order valence-corrected chi connectivity index (χ3v) is 7.44. The zero-order valence-electron chi connectivity index (χ0n) is 18.9. The number of anilines is 2. The fraction of sp³-hybridized carbons (Fsp3) is 0.480. The van der Waals surface area contributed by atoms with E-state index in [0.717, 1.165) is 36.4 Å². The van der Waals surface area contributed by atoms with Crippen LogP contribution >= 0.6 is 11.6 Å². The molecule has 0 aliphatic heterocycles. The molecule has 2 aliphatic rings. The molecular weight excluding hydrogens is 436 g/mol. The van der Waals surface area contributed by atoms with Gasteiger partial charge in [0, 0.05) is 41.5 Å². The number of halogens is 1. The summed E-state index contributed by atoms with van der Waals surface area (Å²) in [6, 6.07) is 10.6. The highest BCUT2D eigenvalue weighted by Crippen LogP contribution is 2.39. The van der Waals surface area contributed by atoms with Gasteiger partial charge >= 0.3 is 0 Å². The third-order valence-electron chi connectivity index (χ3n) is 7.18. The van der Waals surface area contributed by atoms with Gasteiger partial charge in [0.15, 0.2) is 5.82 Å². The van der Waals surface area contributed by atoms with E-state index in [1.165, 1.54) is 12.8 Å². The maximum absolute atomic E-state index is 12.8. The van der Waals surface area contributed by atoms with Crippen molar-refractivity contribution >= 4 is 40.7 Å². The summed E-state index contributed by atoms with van der Waals surface area (Å²) in [5.41, 5.74) is 1.52. The minimum absolute atomic E-state index is 0.151. The van der Waals surface area contributed by atoms with Crippen molar-refractivity contribution in [2.75, 3.05) is 11.9 Å². The molecule has 0 spiro atoms. The number of hydrogen-bond acceptors (Lipinski definition) is 5. The number of nitrogens with one attached hydrogen (secondary N) is 3. The average molecular weight is 467 g/mol. The van der Waals surface area contributed by atoms with Crippen LogP contribution in [0.1, 0.15) is 45.1 Å². The molecule has 0 radical (unpaired) electrons. The van der Waals surface area contributed by atoms with Crippen LogP contribution in [0.3, 0.4) is 0 Å². The first-order valence-corrected chi connectivity index (χ1v) is 12.2. The van der Waals surface area contributed by atoms with E-state index < -0.39 is 0 Å². The van der Waals surface area contributed by atoms with Crippen LogP contribution in [0, 0.1) is 11.8 Å². The molecule has 0 bridgehead atoms.